The number of nitrogens with zero attached hydrogens (tertiary/aromatic N) is 3. The molecule has 58 heavy (non-hydrogen) atoms. The molecule has 4 saturated carbocycles. The van der Waals surface area contributed by atoms with E-state index in [0.29, 0.717) is 19.3 Å². The van der Waals surface area contributed by atoms with E-state index < -0.39 is 142 Å². The Hall–Kier alpha value is -2.78. The summed E-state index contributed by atoms with van der Waals surface area (Å²) in [7, 11) is -6.03. The molecule has 0 radical (unpaired) electrons. The molecule has 0 bridgehead atoms. The number of likely N-dealkylation sites (tertiary alicyclic amines) is 2. The summed E-state index contributed by atoms with van der Waals surface area (Å²) >= 11 is 0. The van der Waals surface area contributed by atoms with Crippen molar-refractivity contribution >= 4 is 39.7 Å². The maximum Gasteiger partial charge on any atom is 0.303 e. The minimum absolute atomic E-state index is 0.00616. The second-order valence-electron chi connectivity index (χ2n) is 19.2. The number of nitrogens with one attached hydrogen (secondary N) is 4. The molecule has 7 atom stereocenters. The van der Waals surface area contributed by atoms with Crippen LogP contribution < -0.4 is 20.7 Å². The van der Waals surface area contributed by atoms with Gasteiger partial charge in [0, 0.05) is 45.5 Å². The van der Waals surface area contributed by atoms with Gasteiger partial charge in [-0.25, -0.2) is 4.72 Å². The van der Waals surface area contributed by atoms with Crippen LogP contribution in [0.25, 0.3) is 0 Å². The Labute approximate surface area is 368 Å². The van der Waals surface area contributed by atoms with Gasteiger partial charge >= 0.3 is 10.2 Å². The predicted octanol–water partition coefficient (Wildman–Crippen LogP) is 3.85. The van der Waals surface area contributed by atoms with Gasteiger partial charge < -0.3 is 20.9 Å². The second-order valence-corrected chi connectivity index (χ2v) is 20.7. The Morgan fingerprint density at radius 3 is 2.12 bits per heavy atom. The van der Waals surface area contributed by atoms with Gasteiger partial charge in [0.05, 0.1) is 6.04 Å². The first-order valence-corrected chi connectivity index (χ1v) is 22.3. The fourth-order valence-corrected chi connectivity index (χ4v) is 12.2. The van der Waals surface area contributed by atoms with Crippen LogP contribution in [-0.4, -0.2) is 114 Å². The Balaban J connectivity index is 1.32. The zero-order valence-electron chi connectivity index (χ0n) is 49.7. The Morgan fingerprint density at radius 2 is 1.57 bits per heavy atom. The summed E-state index contributed by atoms with van der Waals surface area (Å²) < 4.78 is 147. The molecule has 328 valence electrons. The number of hydrogen-bond donors (Lipinski definition) is 4. The van der Waals surface area contributed by atoms with Crippen LogP contribution in [0.5, 0.6) is 0 Å². The molecular formula is C43H73N7O7S. The van der Waals surface area contributed by atoms with E-state index in [1.807, 2.05) is 0 Å². The van der Waals surface area contributed by atoms with E-state index in [9.17, 15) is 22.8 Å². The van der Waals surface area contributed by atoms with Crippen LogP contribution in [0.3, 0.4) is 0 Å². The third kappa shape index (κ3) is 7.49. The molecule has 0 aromatic heterocycles. The number of fused-ring (bicyclic) bond motifs is 1. The lowest BCUT2D eigenvalue weighted by molar-refractivity contribution is -0.145. The van der Waals surface area contributed by atoms with Crippen molar-refractivity contribution in [2.45, 2.75) is 175 Å². The van der Waals surface area contributed by atoms with E-state index in [4.69, 9.17) is 20.6 Å². The summed E-state index contributed by atoms with van der Waals surface area (Å²) in [6.45, 7) is -11.4. The Morgan fingerprint density at radius 1 is 0.879 bits per heavy atom. The third-order valence-corrected chi connectivity index (χ3v) is 16.3. The van der Waals surface area contributed by atoms with Gasteiger partial charge in [-0.15, -0.1) is 0 Å². The number of carbonyl (C=O) groups excluding carboxylic acids is 5. The fraction of sp³-hybridized carbons (Fsp3) is 0.884. The number of amides is 5. The van der Waals surface area contributed by atoms with Crippen molar-refractivity contribution in [2.24, 2.45) is 33.5 Å². The van der Waals surface area contributed by atoms with E-state index in [0.717, 1.165) is 43.4 Å². The number of rotatable bonds is 15. The molecular weight excluding hydrogens is 759 g/mol. The average Bonchev–Trinajstić information content (AvgIpc) is 3.72. The standard InChI is InChI=1S/C43H73N7O7S/c1-10-29-25-43(29,38(55)47-58(56,57)49(12-3)13-4)46-35(52)31-26-42(40(8,9)41(42)22-18-23-41)27-50(31)37(54)33(39(5,6)7)45-36(53)32(28-19-15-14-16-20-28)44-34(51)30-21-17-24-48(30)11-2/h28-33H,10-27H2,1-9H3,(H,44,51)(H,45,53)(H,46,52)(H,47,55)/t29-,30+,31+,32+,33-,42-,43-/m1/s1/i2D3,3D3,4D3,11D2,12D2,13D2. The average molecular weight is 847 g/mol. The first kappa shape index (κ1) is 28.7. The summed E-state index contributed by atoms with van der Waals surface area (Å²) in [5, 5.41) is 8.41. The van der Waals surface area contributed by atoms with Crippen molar-refractivity contribution in [1.82, 2.24) is 34.8 Å². The van der Waals surface area contributed by atoms with Gasteiger partial charge in [0.15, 0.2) is 0 Å². The molecule has 6 rings (SSSR count). The SMILES string of the molecule is [2H]C([2H])([2H])C([2H])([2H])N1CCC[C@H]1C(=O)N[C@H](C(=O)N[C@H](C(=O)N1C[C@]2(C[C@H]1C(=O)N[C@]1(C(=O)NS(=O)(=O)N(C([2H])([2H])C([2H])([2H])[2H])C([2H])([2H])C([2H])([2H])[2H])C[C@H]1CC)C(C)(C)C21CCC1)C(C)(C)C)C1CCCCC1. The molecule has 6 fully saturated rings. The molecule has 2 saturated heterocycles. The monoisotopic (exact) mass is 847 g/mol. The molecule has 0 aromatic rings. The van der Waals surface area contributed by atoms with Gasteiger partial charge in [0.25, 0.3) is 5.91 Å². The van der Waals surface area contributed by atoms with Gasteiger partial charge in [-0.05, 0) is 92.5 Å². The molecule has 14 nitrogen and oxygen atoms in total. The molecule has 5 amide bonds. The molecule has 4 aliphatic carbocycles. The quantitative estimate of drug-likeness (QED) is 0.192. The maximum atomic E-state index is 15.4. The summed E-state index contributed by atoms with van der Waals surface area (Å²) in [5.74, 6) is -5.72. The van der Waals surface area contributed by atoms with Gasteiger partial charge in [-0.3, -0.25) is 28.9 Å². The summed E-state index contributed by atoms with van der Waals surface area (Å²) in [6.07, 6.45) is 6.47. The van der Waals surface area contributed by atoms with E-state index in [1.54, 1.807) is 27.7 Å². The second kappa shape index (κ2) is 16.2. The smallest absolute Gasteiger partial charge is 0.303 e. The fourth-order valence-electron chi connectivity index (χ4n) is 11.4. The van der Waals surface area contributed by atoms with Crippen molar-refractivity contribution in [3.63, 3.8) is 0 Å². The van der Waals surface area contributed by atoms with E-state index >= 15 is 9.59 Å². The van der Waals surface area contributed by atoms with Crippen LogP contribution in [0.4, 0.5) is 0 Å². The van der Waals surface area contributed by atoms with Crippen molar-refractivity contribution < 1.29 is 53.0 Å². The molecule has 4 N–H and O–H groups in total. The largest absolute Gasteiger partial charge is 0.343 e. The zero-order valence-corrected chi connectivity index (χ0v) is 35.5. The predicted molar refractivity (Wildman–Crippen MR) is 222 cm³/mol. The van der Waals surface area contributed by atoms with Gasteiger partial charge in [0.1, 0.15) is 23.7 Å². The van der Waals surface area contributed by atoms with Crippen LogP contribution in [0.1, 0.15) is 166 Å². The normalized spacial score (nSPS) is 36.6. The van der Waals surface area contributed by atoms with Crippen molar-refractivity contribution in [1.29, 1.82) is 0 Å². The van der Waals surface area contributed by atoms with Crippen LogP contribution in [0, 0.1) is 33.5 Å². The highest BCUT2D eigenvalue weighted by Crippen LogP contribution is 2.88. The molecule has 2 spiro atoms. The molecule has 0 unspecified atom stereocenters. The van der Waals surface area contributed by atoms with Crippen molar-refractivity contribution in [3.8, 4) is 0 Å². The van der Waals surface area contributed by atoms with Crippen molar-refractivity contribution in [3.05, 3.63) is 0 Å². The highest BCUT2D eigenvalue weighted by Gasteiger charge is 2.85. The Kier molecular flexibility index (Phi) is 8.04. The van der Waals surface area contributed by atoms with Gasteiger partial charge in [-0.2, -0.15) is 12.7 Å². The minimum atomic E-state index is -6.03. The first-order chi connectivity index (χ1) is 33.0. The lowest BCUT2D eigenvalue weighted by atomic mass is 9.73. The van der Waals surface area contributed by atoms with Crippen LogP contribution in [0.2, 0.25) is 0 Å². The summed E-state index contributed by atoms with van der Waals surface area (Å²) in [5.41, 5.74) is -4.44. The summed E-state index contributed by atoms with van der Waals surface area (Å²) in [6, 6.07) is -5.09. The van der Waals surface area contributed by atoms with Crippen molar-refractivity contribution in [2.75, 3.05) is 32.6 Å². The zero-order chi connectivity index (χ0) is 55.5. The van der Waals surface area contributed by atoms with Crippen LogP contribution >= 0.6 is 0 Å². The van der Waals surface area contributed by atoms with Gasteiger partial charge in [-0.1, -0.05) is 94.2 Å². The van der Waals surface area contributed by atoms with Crippen LogP contribution in [-0.2, 0) is 34.2 Å². The molecule has 15 heteroatoms. The van der Waals surface area contributed by atoms with E-state index in [2.05, 4.69) is 29.8 Å². The number of carbonyl (C=O) groups is 5. The highest BCUT2D eigenvalue weighted by molar-refractivity contribution is 7.87. The number of hydrogen-bond acceptors (Lipinski definition) is 8. The molecule has 2 aliphatic heterocycles. The third-order valence-electron chi connectivity index (χ3n) is 15.2. The highest BCUT2D eigenvalue weighted by atomic mass is 32.2. The van der Waals surface area contributed by atoms with Gasteiger partial charge in [0.2, 0.25) is 23.6 Å². The summed E-state index contributed by atoms with van der Waals surface area (Å²) in [4.78, 5) is 76.0. The number of likely N-dealkylation sites (N-methyl/N-ethyl adjacent to an activating group) is 1. The molecule has 0 aromatic carbocycles. The lowest BCUT2D eigenvalue weighted by Gasteiger charge is -2.38. The van der Waals surface area contributed by atoms with E-state index in [-0.39, 0.29) is 44.2 Å². The topological polar surface area (TPSA) is 177 Å². The maximum absolute atomic E-state index is 15.4. The molecule has 6 aliphatic rings. The van der Waals surface area contributed by atoms with Crippen LogP contribution in [0.15, 0.2) is 0 Å². The lowest BCUT2D eigenvalue weighted by Crippen LogP contribution is -2.63. The first-order valence-electron chi connectivity index (χ1n) is 28.4. The minimum Gasteiger partial charge on any atom is -0.343 e. The Bertz CT molecular complexity index is 2270. The molecule has 2 heterocycles. The van der Waals surface area contributed by atoms with E-state index in [1.165, 1.54) is 9.62 Å².